The Morgan fingerprint density at radius 2 is 2.03 bits per heavy atom. The van der Waals surface area contributed by atoms with E-state index >= 15 is 0 Å². The van der Waals surface area contributed by atoms with E-state index in [0.717, 1.165) is 27.5 Å². The molecular formula is C18H17BrN8O3S. The van der Waals surface area contributed by atoms with E-state index in [1.165, 1.54) is 22.9 Å². The summed E-state index contributed by atoms with van der Waals surface area (Å²) in [6.07, 6.45) is 0. The van der Waals surface area contributed by atoms with Gasteiger partial charge in [-0.05, 0) is 30.7 Å². The molecule has 0 fully saturated rings. The van der Waals surface area contributed by atoms with Crippen LogP contribution < -0.4 is 16.6 Å². The van der Waals surface area contributed by atoms with Crippen LogP contribution in [0.25, 0.3) is 0 Å². The Morgan fingerprint density at radius 3 is 2.74 bits per heavy atom. The zero-order chi connectivity index (χ0) is 22.4. The van der Waals surface area contributed by atoms with Gasteiger partial charge in [-0.2, -0.15) is 5.10 Å². The summed E-state index contributed by atoms with van der Waals surface area (Å²) in [6, 6.07) is 13.3. The number of hydrazone groups is 1. The number of nitrogens with one attached hydrogen (secondary N) is 2. The lowest BCUT2D eigenvalue weighted by Crippen LogP contribution is -2.17. The number of nitro groups is 1. The van der Waals surface area contributed by atoms with Crippen LogP contribution in [0.3, 0.4) is 0 Å². The highest BCUT2D eigenvalue weighted by atomic mass is 79.9. The third kappa shape index (κ3) is 6.02. The van der Waals surface area contributed by atoms with Crippen LogP contribution in [0.4, 0.5) is 17.3 Å². The molecule has 1 heterocycles. The molecule has 0 saturated carbocycles. The van der Waals surface area contributed by atoms with Crippen LogP contribution in [-0.4, -0.2) is 37.2 Å². The maximum absolute atomic E-state index is 12.1. The van der Waals surface area contributed by atoms with Crippen molar-refractivity contribution >= 4 is 56.6 Å². The number of halogens is 1. The smallest absolute Gasteiger partial charge is 0.271 e. The van der Waals surface area contributed by atoms with Crippen LogP contribution in [0.15, 0.2) is 63.3 Å². The fourth-order valence-electron chi connectivity index (χ4n) is 2.37. The highest BCUT2D eigenvalue weighted by molar-refractivity contribution is 9.10. The molecule has 2 aromatic carbocycles. The first kappa shape index (κ1) is 22.2. The van der Waals surface area contributed by atoms with Crippen LogP contribution in [0, 0.1) is 10.1 Å². The number of rotatable bonds is 8. The fraction of sp³-hybridized carbons (Fsp3) is 0.111. The van der Waals surface area contributed by atoms with Crippen LogP contribution in [-0.2, 0) is 4.79 Å². The van der Waals surface area contributed by atoms with Gasteiger partial charge in [-0.15, -0.1) is 10.2 Å². The number of nitrogens with two attached hydrogens (primary N) is 1. The Morgan fingerprint density at radius 1 is 1.29 bits per heavy atom. The summed E-state index contributed by atoms with van der Waals surface area (Å²) in [5.41, 5.74) is 4.62. The van der Waals surface area contributed by atoms with Gasteiger partial charge in [0.25, 0.3) is 11.6 Å². The first-order valence-corrected chi connectivity index (χ1v) is 10.5. The summed E-state index contributed by atoms with van der Waals surface area (Å²) in [5.74, 6) is 5.79. The largest absolute Gasteiger partial charge is 0.334 e. The number of thioether (sulfide) groups is 1. The molecule has 0 spiro atoms. The normalized spacial score (nSPS) is 11.2. The average molecular weight is 505 g/mol. The highest BCUT2D eigenvalue weighted by Gasteiger charge is 2.13. The van der Waals surface area contributed by atoms with Crippen molar-refractivity contribution in [3.63, 3.8) is 0 Å². The lowest BCUT2D eigenvalue weighted by molar-refractivity contribution is -0.384. The zero-order valence-corrected chi connectivity index (χ0v) is 18.6. The minimum Gasteiger partial charge on any atom is -0.334 e. The van der Waals surface area contributed by atoms with Gasteiger partial charge >= 0.3 is 0 Å². The Kier molecular flexibility index (Phi) is 7.20. The summed E-state index contributed by atoms with van der Waals surface area (Å²) < 4.78 is 2.15. The molecule has 0 unspecified atom stereocenters. The second kappa shape index (κ2) is 10.0. The van der Waals surface area contributed by atoms with Crippen molar-refractivity contribution in [2.24, 2.45) is 5.10 Å². The van der Waals surface area contributed by atoms with E-state index < -0.39 is 4.92 Å². The first-order valence-electron chi connectivity index (χ1n) is 8.77. The van der Waals surface area contributed by atoms with Gasteiger partial charge in [0.15, 0.2) is 0 Å². The summed E-state index contributed by atoms with van der Waals surface area (Å²) in [7, 11) is 0. The standard InChI is InChI=1S/C18H17BrN8O3S/c1-11(12-5-7-13(19)8-6-12)22-23-17-24-25-18(26(17)20)31-10-16(28)21-14-3-2-4-15(9-14)27(29)30/h2-9H,10,20H2,1H3,(H,21,28)(H,23,24)/b22-11+. The third-order valence-electron chi connectivity index (χ3n) is 3.92. The molecule has 1 amide bonds. The molecule has 0 atom stereocenters. The number of hydrogen-bond donors (Lipinski definition) is 3. The third-order valence-corrected chi connectivity index (χ3v) is 5.39. The second-order valence-corrected chi connectivity index (χ2v) is 7.99. The SMILES string of the molecule is C/C(=N\Nc1nnc(SCC(=O)Nc2cccc([N+](=O)[O-])c2)n1N)c1ccc(Br)cc1. The highest BCUT2D eigenvalue weighted by Crippen LogP contribution is 2.20. The van der Waals surface area contributed by atoms with Gasteiger partial charge in [-0.25, -0.2) is 10.1 Å². The zero-order valence-electron chi connectivity index (χ0n) is 16.2. The number of non-ortho nitro benzene ring substituents is 1. The molecule has 0 radical (unpaired) electrons. The molecule has 31 heavy (non-hydrogen) atoms. The van der Waals surface area contributed by atoms with Crippen molar-refractivity contribution in [2.45, 2.75) is 12.1 Å². The maximum Gasteiger partial charge on any atom is 0.271 e. The van der Waals surface area contributed by atoms with Crippen LogP contribution in [0.5, 0.6) is 0 Å². The predicted octanol–water partition coefficient (Wildman–Crippen LogP) is 3.23. The number of hydrogen-bond acceptors (Lipinski definition) is 9. The van der Waals surface area contributed by atoms with Crippen molar-refractivity contribution in [3.8, 4) is 0 Å². The minimum atomic E-state index is -0.531. The molecule has 0 saturated heterocycles. The van der Waals surface area contributed by atoms with Crippen LogP contribution in [0.1, 0.15) is 12.5 Å². The summed E-state index contributed by atoms with van der Waals surface area (Å²) in [4.78, 5) is 22.4. The second-order valence-electron chi connectivity index (χ2n) is 6.14. The van der Waals surface area contributed by atoms with Gasteiger partial charge in [0.05, 0.1) is 16.4 Å². The molecule has 4 N–H and O–H groups in total. The van der Waals surface area contributed by atoms with Crippen molar-refractivity contribution < 1.29 is 9.72 Å². The number of carbonyl (C=O) groups is 1. The fourth-order valence-corrected chi connectivity index (χ4v) is 3.29. The monoisotopic (exact) mass is 504 g/mol. The number of nitrogens with zero attached hydrogens (tertiary/aromatic N) is 5. The Hall–Kier alpha value is -3.45. The molecule has 0 aliphatic heterocycles. The number of carbonyl (C=O) groups excluding carboxylic acids is 1. The van der Waals surface area contributed by atoms with Crippen molar-refractivity contribution in [1.29, 1.82) is 0 Å². The predicted molar refractivity (Wildman–Crippen MR) is 123 cm³/mol. The number of anilines is 2. The molecule has 13 heteroatoms. The molecule has 3 rings (SSSR count). The Balaban J connectivity index is 1.57. The van der Waals surface area contributed by atoms with E-state index in [1.54, 1.807) is 6.07 Å². The van der Waals surface area contributed by atoms with Gasteiger partial charge in [-0.1, -0.05) is 45.9 Å². The molecule has 0 bridgehead atoms. The Labute approximate surface area is 189 Å². The molecule has 3 aromatic rings. The molecule has 0 aliphatic carbocycles. The number of nitrogen functional groups attached to an aromatic ring is 1. The van der Waals surface area contributed by atoms with E-state index in [4.69, 9.17) is 5.84 Å². The van der Waals surface area contributed by atoms with Gasteiger partial charge in [0.2, 0.25) is 11.1 Å². The summed E-state index contributed by atoms with van der Waals surface area (Å²) >= 11 is 4.45. The van der Waals surface area contributed by atoms with Crippen molar-refractivity contribution in [3.05, 3.63) is 68.7 Å². The number of aromatic nitrogens is 3. The number of benzene rings is 2. The molecule has 1 aromatic heterocycles. The minimum absolute atomic E-state index is 0.0147. The molecule has 0 aliphatic rings. The lowest BCUT2D eigenvalue weighted by Gasteiger charge is -2.06. The number of nitro benzene ring substituents is 1. The van der Waals surface area contributed by atoms with E-state index in [9.17, 15) is 14.9 Å². The van der Waals surface area contributed by atoms with Crippen molar-refractivity contribution in [2.75, 3.05) is 22.3 Å². The topological polar surface area (TPSA) is 153 Å². The average Bonchev–Trinajstić information content (AvgIpc) is 3.10. The summed E-state index contributed by atoms with van der Waals surface area (Å²) in [6.45, 7) is 1.83. The maximum atomic E-state index is 12.1. The van der Waals surface area contributed by atoms with Gasteiger partial charge in [-0.3, -0.25) is 14.9 Å². The van der Waals surface area contributed by atoms with Gasteiger partial charge in [0, 0.05) is 22.3 Å². The van der Waals surface area contributed by atoms with E-state index in [2.05, 4.69) is 42.0 Å². The van der Waals surface area contributed by atoms with E-state index in [1.807, 2.05) is 31.2 Å². The van der Waals surface area contributed by atoms with Crippen LogP contribution in [0.2, 0.25) is 0 Å². The van der Waals surface area contributed by atoms with E-state index in [-0.39, 0.29) is 23.3 Å². The quantitative estimate of drug-likeness (QED) is 0.139. The molecular weight excluding hydrogens is 488 g/mol. The van der Waals surface area contributed by atoms with Crippen molar-refractivity contribution in [1.82, 2.24) is 14.9 Å². The van der Waals surface area contributed by atoms with Gasteiger partial charge < -0.3 is 11.2 Å². The number of amides is 1. The van der Waals surface area contributed by atoms with Gasteiger partial charge in [0.1, 0.15) is 0 Å². The Bertz CT molecular complexity index is 1130. The van der Waals surface area contributed by atoms with E-state index in [0.29, 0.717) is 10.8 Å². The molecule has 160 valence electrons. The lowest BCUT2D eigenvalue weighted by atomic mass is 10.1. The van der Waals surface area contributed by atoms with Crippen LogP contribution >= 0.6 is 27.7 Å². The molecule has 11 nitrogen and oxygen atoms in total. The first-order chi connectivity index (χ1) is 14.8. The summed E-state index contributed by atoms with van der Waals surface area (Å²) in [5, 5.41) is 25.8.